The second-order valence-electron chi connectivity index (χ2n) is 6.95. The maximum absolute atomic E-state index is 12.9. The van der Waals surface area contributed by atoms with Gasteiger partial charge in [-0.3, -0.25) is 9.59 Å². The first-order valence-electron chi connectivity index (χ1n) is 9.39. The van der Waals surface area contributed by atoms with Gasteiger partial charge in [-0.25, -0.2) is 14.5 Å². The van der Waals surface area contributed by atoms with Crippen molar-refractivity contribution in [1.29, 1.82) is 0 Å². The molecule has 0 unspecified atom stereocenters. The minimum absolute atomic E-state index is 0.111. The normalized spacial score (nSPS) is 12.5. The molecule has 0 N–H and O–H groups in total. The lowest BCUT2D eigenvalue weighted by atomic mass is 10.1. The summed E-state index contributed by atoms with van der Waals surface area (Å²) in [4.78, 5) is 50.8. The van der Waals surface area contributed by atoms with Crippen molar-refractivity contribution in [2.24, 2.45) is 0 Å². The lowest BCUT2D eigenvalue weighted by Gasteiger charge is -2.14. The number of carbonyl (C=O) groups is 4. The number of imide groups is 1. The molecule has 7 nitrogen and oxygen atoms in total. The number of nitrogens with zero attached hydrogens (tertiary/aromatic N) is 1. The number of carbonyl (C=O) groups excluding carboxylic acids is 4. The van der Waals surface area contributed by atoms with Crippen molar-refractivity contribution in [3.8, 4) is 5.75 Å². The highest BCUT2D eigenvalue weighted by Crippen LogP contribution is 2.29. The first kappa shape index (κ1) is 20.0. The highest BCUT2D eigenvalue weighted by atomic mass is 16.5. The lowest BCUT2D eigenvalue weighted by molar-refractivity contribution is 0.0600. The van der Waals surface area contributed by atoms with Crippen molar-refractivity contribution in [1.82, 2.24) is 0 Å². The third-order valence-electron chi connectivity index (χ3n) is 4.90. The van der Waals surface area contributed by atoms with Gasteiger partial charge in [-0.2, -0.15) is 0 Å². The van der Waals surface area contributed by atoms with E-state index >= 15 is 0 Å². The second kappa shape index (κ2) is 7.87. The van der Waals surface area contributed by atoms with E-state index < -0.39 is 23.8 Å². The third kappa shape index (κ3) is 3.69. The summed E-state index contributed by atoms with van der Waals surface area (Å²) in [6.45, 7) is 1.92. The number of ether oxygens (including phenoxy) is 2. The molecule has 0 radical (unpaired) electrons. The fourth-order valence-corrected chi connectivity index (χ4v) is 3.24. The topological polar surface area (TPSA) is 90.0 Å². The number of amides is 2. The van der Waals surface area contributed by atoms with Crippen LogP contribution in [0.1, 0.15) is 47.0 Å². The number of benzene rings is 3. The molecule has 1 aliphatic heterocycles. The summed E-state index contributed by atoms with van der Waals surface area (Å²) < 4.78 is 9.99. The third-order valence-corrected chi connectivity index (χ3v) is 4.90. The Labute approximate surface area is 177 Å². The molecule has 0 fully saturated rings. The van der Waals surface area contributed by atoms with Gasteiger partial charge in [0, 0.05) is 0 Å². The predicted molar refractivity (Wildman–Crippen MR) is 112 cm³/mol. The van der Waals surface area contributed by atoms with Crippen LogP contribution in [0.4, 0.5) is 5.69 Å². The van der Waals surface area contributed by atoms with E-state index in [1.807, 2.05) is 19.1 Å². The van der Waals surface area contributed by atoms with Crippen molar-refractivity contribution in [2.75, 3.05) is 12.0 Å². The van der Waals surface area contributed by atoms with Gasteiger partial charge in [0.2, 0.25) is 0 Å². The fourth-order valence-electron chi connectivity index (χ4n) is 3.24. The van der Waals surface area contributed by atoms with Gasteiger partial charge in [0.05, 0.1) is 35.1 Å². The van der Waals surface area contributed by atoms with E-state index in [0.29, 0.717) is 17.0 Å². The molecular formula is C24H17NO6. The summed E-state index contributed by atoms with van der Waals surface area (Å²) in [5.74, 6) is -1.84. The summed E-state index contributed by atoms with van der Waals surface area (Å²) in [6.07, 6.45) is 0. The highest BCUT2D eigenvalue weighted by molar-refractivity contribution is 6.34. The molecule has 7 heteroatoms. The van der Waals surface area contributed by atoms with Crippen molar-refractivity contribution >= 4 is 29.4 Å². The molecule has 1 aliphatic rings. The molecule has 3 aromatic carbocycles. The molecule has 3 aromatic rings. The van der Waals surface area contributed by atoms with Crippen LogP contribution in [0.25, 0.3) is 0 Å². The van der Waals surface area contributed by atoms with Crippen LogP contribution >= 0.6 is 0 Å². The van der Waals surface area contributed by atoms with Gasteiger partial charge in [-0.05, 0) is 61.5 Å². The molecule has 31 heavy (non-hydrogen) atoms. The Morgan fingerprint density at radius 2 is 1.35 bits per heavy atom. The Balaban J connectivity index is 1.59. The van der Waals surface area contributed by atoms with E-state index in [2.05, 4.69) is 4.74 Å². The second-order valence-corrected chi connectivity index (χ2v) is 6.95. The molecule has 4 rings (SSSR count). The van der Waals surface area contributed by atoms with Crippen LogP contribution in [0, 0.1) is 6.92 Å². The van der Waals surface area contributed by atoms with Crippen molar-refractivity contribution < 1.29 is 28.7 Å². The molecule has 2 amide bonds. The summed E-state index contributed by atoms with van der Waals surface area (Å²) in [7, 11) is 1.27. The summed E-state index contributed by atoms with van der Waals surface area (Å²) in [6, 6.07) is 17.1. The summed E-state index contributed by atoms with van der Waals surface area (Å²) in [5, 5.41) is 0. The van der Waals surface area contributed by atoms with Crippen LogP contribution < -0.4 is 9.64 Å². The molecule has 0 atom stereocenters. The Bertz CT molecular complexity index is 1210. The van der Waals surface area contributed by atoms with Gasteiger partial charge in [0.1, 0.15) is 5.75 Å². The van der Waals surface area contributed by atoms with Gasteiger partial charge < -0.3 is 9.47 Å². The van der Waals surface area contributed by atoms with Crippen LogP contribution in [0.5, 0.6) is 5.75 Å². The molecule has 0 spiro atoms. The highest BCUT2D eigenvalue weighted by Gasteiger charge is 2.37. The van der Waals surface area contributed by atoms with Gasteiger partial charge in [0.15, 0.2) is 0 Å². The predicted octanol–water partition coefficient (Wildman–Crippen LogP) is 3.80. The average molecular weight is 415 g/mol. The zero-order valence-corrected chi connectivity index (χ0v) is 16.7. The van der Waals surface area contributed by atoms with Gasteiger partial charge >= 0.3 is 11.9 Å². The Morgan fingerprint density at radius 3 is 2.00 bits per heavy atom. The molecule has 154 valence electrons. The van der Waals surface area contributed by atoms with E-state index in [4.69, 9.17) is 4.74 Å². The van der Waals surface area contributed by atoms with E-state index in [1.165, 1.54) is 49.6 Å². The lowest BCUT2D eigenvalue weighted by Crippen LogP contribution is -2.29. The standard InChI is InChI=1S/C24H17NO6/c1-14-3-10-18(11-4-14)31-24(29)16-7-12-19-20(13-16)22(27)25(21(19)26)17-8-5-15(6-9-17)23(28)30-2/h3-13H,1-2H3. The molecule has 0 saturated carbocycles. The molecular weight excluding hydrogens is 398 g/mol. The quantitative estimate of drug-likeness (QED) is 0.366. The van der Waals surface area contributed by atoms with Crippen LogP contribution in [-0.4, -0.2) is 30.9 Å². The van der Waals surface area contributed by atoms with E-state index in [0.717, 1.165) is 10.5 Å². The first-order valence-corrected chi connectivity index (χ1v) is 9.39. The molecule has 1 heterocycles. The molecule has 0 bridgehead atoms. The molecule has 0 saturated heterocycles. The van der Waals surface area contributed by atoms with E-state index in [-0.39, 0.29) is 16.7 Å². The first-order chi connectivity index (χ1) is 14.9. The Morgan fingerprint density at radius 1 is 0.742 bits per heavy atom. The number of esters is 2. The average Bonchev–Trinajstić information content (AvgIpc) is 3.04. The minimum Gasteiger partial charge on any atom is -0.465 e. The number of hydrogen-bond donors (Lipinski definition) is 0. The number of rotatable bonds is 4. The van der Waals surface area contributed by atoms with Gasteiger partial charge in [-0.1, -0.05) is 17.7 Å². The smallest absolute Gasteiger partial charge is 0.343 e. The summed E-state index contributed by atoms with van der Waals surface area (Å²) in [5.41, 5.74) is 2.09. The van der Waals surface area contributed by atoms with Gasteiger partial charge in [0.25, 0.3) is 11.8 Å². The number of methoxy groups -OCH3 is 1. The van der Waals surface area contributed by atoms with Crippen molar-refractivity contribution in [2.45, 2.75) is 6.92 Å². The monoisotopic (exact) mass is 415 g/mol. The maximum Gasteiger partial charge on any atom is 0.343 e. The zero-order valence-electron chi connectivity index (χ0n) is 16.7. The van der Waals surface area contributed by atoms with Crippen LogP contribution in [0.3, 0.4) is 0 Å². The maximum atomic E-state index is 12.9. The van der Waals surface area contributed by atoms with E-state index in [9.17, 15) is 19.2 Å². The minimum atomic E-state index is -0.632. The van der Waals surface area contributed by atoms with Crippen LogP contribution in [-0.2, 0) is 4.74 Å². The Kier molecular flexibility index (Phi) is 5.09. The number of hydrogen-bond acceptors (Lipinski definition) is 6. The van der Waals surface area contributed by atoms with Crippen molar-refractivity contribution in [3.63, 3.8) is 0 Å². The van der Waals surface area contributed by atoms with Crippen LogP contribution in [0.2, 0.25) is 0 Å². The van der Waals surface area contributed by atoms with Crippen molar-refractivity contribution in [3.05, 3.63) is 94.5 Å². The SMILES string of the molecule is COC(=O)c1ccc(N2C(=O)c3ccc(C(=O)Oc4ccc(C)cc4)cc3C2=O)cc1. The molecule has 0 aromatic heterocycles. The Hall–Kier alpha value is -4.26. The molecule has 0 aliphatic carbocycles. The van der Waals surface area contributed by atoms with Gasteiger partial charge in [-0.15, -0.1) is 0 Å². The summed E-state index contributed by atoms with van der Waals surface area (Å²) >= 11 is 0. The zero-order chi connectivity index (χ0) is 22.1. The van der Waals surface area contributed by atoms with E-state index in [1.54, 1.807) is 12.1 Å². The number of anilines is 1. The van der Waals surface area contributed by atoms with Crippen LogP contribution in [0.15, 0.2) is 66.7 Å². The number of aryl methyl sites for hydroxylation is 1. The fraction of sp³-hybridized carbons (Fsp3) is 0.0833. The largest absolute Gasteiger partial charge is 0.465 e. The number of fused-ring (bicyclic) bond motifs is 1.